The number of rotatable bonds is 5. The summed E-state index contributed by atoms with van der Waals surface area (Å²) in [5, 5.41) is 9.16. The number of hydrogen-bond donors (Lipinski definition) is 3. The minimum absolute atomic E-state index is 0.110. The molecule has 5 rings (SSSR count). The van der Waals surface area contributed by atoms with Crippen molar-refractivity contribution in [3.05, 3.63) is 51.9 Å². The second-order valence-electron chi connectivity index (χ2n) is 10.3. The molecule has 0 atom stereocenters. The number of amides is 2. The molecule has 12 heteroatoms. The minimum atomic E-state index is -0.667. The molecule has 38 heavy (non-hydrogen) atoms. The molecule has 3 aliphatic rings. The lowest BCUT2D eigenvalue weighted by atomic mass is 10.0. The molecular weight excluding hydrogens is 513 g/mol. The number of pyridine rings is 1. The standard InChI is InChI=1S/C26H29ClFN7O3/c1-26(2,3)38-25(37)35-11-10-30-22(35)16-6-7-29-21(19(16)27)33-20-17(14-4-5-14)12-15(13-18(20)28)23(36)34-24-31-8-9-32-24/h6-7,12-14H,4-5,8-11H2,1-3H3,(H,29,33)(H2,31,32,34,36). The Morgan fingerprint density at radius 2 is 1.97 bits per heavy atom. The lowest BCUT2D eigenvalue weighted by Crippen LogP contribution is -2.39. The number of guanidine groups is 1. The van der Waals surface area contributed by atoms with Crippen LogP contribution in [0.15, 0.2) is 34.4 Å². The van der Waals surface area contributed by atoms with Gasteiger partial charge in [0.05, 0.1) is 23.8 Å². The van der Waals surface area contributed by atoms with Crippen LogP contribution in [0.3, 0.4) is 0 Å². The van der Waals surface area contributed by atoms with Gasteiger partial charge in [0.15, 0.2) is 5.96 Å². The summed E-state index contributed by atoms with van der Waals surface area (Å²) in [6, 6.07) is 4.49. The summed E-state index contributed by atoms with van der Waals surface area (Å²) in [5.41, 5.74) is 0.842. The number of ether oxygens (including phenoxy) is 1. The first-order valence-corrected chi connectivity index (χ1v) is 12.9. The maximum atomic E-state index is 15.5. The van der Waals surface area contributed by atoms with E-state index in [9.17, 15) is 9.59 Å². The third-order valence-corrected chi connectivity index (χ3v) is 6.52. The van der Waals surface area contributed by atoms with Crippen molar-refractivity contribution in [2.24, 2.45) is 9.98 Å². The van der Waals surface area contributed by atoms with Crippen molar-refractivity contribution in [3.63, 3.8) is 0 Å². The Balaban J connectivity index is 1.43. The van der Waals surface area contributed by atoms with E-state index >= 15 is 4.39 Å². The third kappa shape index (κ3) is 5.57. The smallest absolute Gasteiger partial charge is 0.416 e. The van der Waals surface area contributed by atoms with E-state index in [4.69, 9.17) is 16.3 Å². The van der Waals surface area contributed by atoms with Crippen molar-refractivity contribution in [2.45, 2.75) is 45.1 Å². The average Bonchev–Trinajstić information content (AvgIpc) is 3.34. The van der Waals surface area contributed by atoms with Crippen molar-refractivity contribution < 1.29 is 18.7 Å². The monoisotopic (exact) mass is 541 g/mol. The predicted molar refractivity (Wildman–Crippen MR) is 143 cm³/mol. The Labute approximate surface area is 224 Å². The highest BCUT2D eigenvalue weighted by atomic mass is 35.5. The van der Waals surface area contributed by atoms with Gasteiger partial charge in [0, 0.05) is 30.4 Å². The van der Waals surface area contributed by atoms with Crippen LogP contribution in [0, 0.1) is 5.82 Å². The van der Waals surface area contributed by atoms with Gasteiger partial charge >= 0.3 is 6.09 Å². The lowest BCUT2D eigenvalue weighted by Gasteiger charge is -2.25. The summed E-state index contributed by atoms with van der Waals surface area (Å²) < 4.78 is 21.0. The molecule has 0 radical (unpaired) electrons. The quantitative estimate of drug-likeness (QED) is 0.519. The summed E-state index contributed by atoms with van der Waals surface area (Å²) in [6.07, 6.45) is 2.76. The number of carbonyl (C=O) groups excluding carboxylic acids is 2. The van der Waals surface area contributed by atoms with E-state index in [1.807, 2.05) is 0 Å². The fourth-order valence-electron chi connectivity index (χ4n) is 4.26. The topological polar surface area (TPSA) is 120 Å². The first-order chi connectivity index (χ1) is 18.1. The van der Waals surface area contributed by atoms with Crippen LogP contribution in [0.4, 0.5) is 20.7 Å². The zero-order valence-electron chi connectivity index (χ0n) is 21.4. The van der Waals surface area contributed by atoms with Gasteiger partial charge in [-0.15, -0.1) is 0 Å². The van der Waals surface area contributed by atoms with Crippen LogP contribution in [0.5, 0.6) is 0 Å². The van der Waals surface area contributed by atoms with Crippen LogP contribution >= 0.6 is 11.6 Å². The van der Waals surface area contributed by atoms with E-state index in [0.29, 0.717) is 49.1 Å². The molecule has 0 spiro atoms. The number of aliphatic imine (C=N–C) groups is 2. The minimum Gasteiger partial charge on any atom is -0.443 e. The van der Waals surface area contributed by atoms with Crippen LogP contribution in [0.1, 0.15) is 61.0 Å². The fourth-order valence-corrected chi connectivity index (χ4v) is 4.51. The van der Waals surface area contributed by atoms with Gasteiger partial charge in [0.2, 0.25) is 0 Å². The molecule has 1 aromatic heterocycles. The highest BCUT2D eigenvalue weighted by molar-refractivity contribution is 6.37. The number of benzene rings is 1. The number of carbonyl (C=O) groups is 2. The second-order valence-corrected chi connectivity index (χ2v) is 10.7. The Bertz CT molecular complexity index is 1340. The highest BCUT2D eigenvalue weighted by Gasteiger charge is 2.32. The van der Waals surface area contributed by atoms with Gasteiger partial charge in [-0.1, -0.05) is 11.6 Å². The van der Waals surface area contributed by atoms with Crippen LogP contribution in [-0.4, -0.2) is 65.5 Å². The van der Waals surface area contributed by atoms with Gasteiger partial charge in [-0.2, -0.15) is 4.99 Å². The van der Waals surface area contributed by atoms with Crippen LogP contribution in [-0.2, 0) is 4.74 Å². The predicted octanol–water partition coefficient (Wildman–Crippen LogP) is 4.18. The van der Waals surface area contributed by atoms with Gasteiger partial charge in [0.1, 0.15) is 23.1 Å². The number of halogens is 2. The summed E-state index contributed by atoms with van der Waals surface area (Å²) in [4.78, 5) is 39.7. The van der Waals surface area contributed by atoms with Crippen molar-refractivity contribution in [2.75, 3.05) is 31.5 Å². The number of amidine groups is 1. The SMILES string of the molecule is CC(C)(C)OC(=O)N1CCN=C1c1ccnc(Nc2c(F)cc(C(=O)N=C3NCCN3)cc2C2CC2)c1Cl. The van der Waals surface area contributed by atoms with Crippen molar-refractivity contribution >= 4 is 46.9 Å². The molecule has 1 saturated heterocycles. The summed E-state index contributed by atoms with van der Waals surface area (Å²) in [5.74, 6) is -0.0715. The number of hydrogen-bond acceptors (Lipinski definition) is 6. The largest absolute Gasteiger partial charge is 0.443 e. The number of aromatic nitrogens is 1. The van der Waals surface area contributed by atoms with Crippen LogP contribution < -0.4 is 16.0 Å². The molecule has 0 bridgehead atoms. The van der Waals surface area contributed by atoms with Gasteiger partial charge in [-0.3, -0.25) is 14.7 Å². The Morgan fingerprint density at radius 3 is 2.66 bits per heavy atom. The summed E-state index contributed by atoms with van der Waals surface area (Å²) in [7, 11) is 0. The summed E-state index contributed by atoms with van der Waals surface area (Å²) >= 11 is 6.73. The molecule has 0 unspecified atom stereocenters. The van der Waals surface area contributed by atoms with Gasteiger partial charge in [-0.05, 0) is 63.3 Å². The molecule has 2 amide bonds. The van der Waals surface area contributed by atoms with E-state index in [0.717, 1.165) is 12.8 Å². The van der Waals surface area contributed by atoms with Gasteiger partial charge in [0.25, 0.3) is 5.91 Å². The van der Waals surface area contributed by atoms with E-state index in [1.54, 1.807) is 32.9 Å². The zero-order chi connectivity index (χ0) is 27.0. The molecule has 3 N–H and O–H groups in total. The van der Waals surface area contributed by atoms with E-state index < -0.39 is 23.4 Å². The van der Waals surface area contributed by atoms with Crippen LogP contribution in [0.25, 0.3) is 0 Å². The zero-order valence-corrected chi connectivity index (χ0v) is 22.2. The molecular formula is C26H29ClFN7O3. The lowest BCUT2D eigenvalue weighted by molar-refractivity contribution is 0.0384. The number of nitrogens with one attached hydrogen (secondary N) is 3. The number of nitrogens with zero attached hydrogens (tertiary/aromatic N) is 4. The van der Waals surface area contributed by atoms with E-state index in [-0.39, 0.29) is 28.0 Å². The van der Waals surface area contributed by atoms with E-state index in [2.05, 4.69) is 30.9 Å². The maximum Gasteiger partial charge on any atom is 0.416 e. The number of anilines is 2. The van der Waals surface area contributed by atoms with E-state index in [1.165, 1.54) is 17.2 Å². The third-order valence-electron chi connectivity index (χ3n) is 6.14. The molecule has 3 heterocycles. The van der Waals surface area contributed by atoms with Crippen LogP contribution in [0.2, 0.25) is 5.02 Å². The second kappa shape index (κ2) is 10.2. The first-order valence-electron chi connectivity index (χ1n) is 12.5. The Hall–Kier alpha value is -3.73. The molecule has 200 valence electrons. The molecule has 10 nitrogen and oxygen atoms in total. The van der Waals surface area contributed by atoms with Crippen molar-refractivity contribution in [1.29, 1.82) is 0 Å². The molecule has 2 aromatic rings. The van der Waals surface area contributed by atoms with Crippen molar-refractivity contribution in [1.82, 2.24) is 20.5 Å². The van der Waals surface area contributed by atoms with Gasteiger partial charge in [-0.25, -0.2) is 14.2 Å². The normalized spacial score (nSPS) is 17.0. The highest BCUT2D eigenvalue weighted by Crippen LogP contribution is 2.46. The molecule has 2 fully saturated rings. The van der Waals surface area contributed by atoms with Crippen molar-refractivity contribution in [3.8, 4) is 0 Å². The molecule has 1 aromatic carbocycles. The maximum absolute atomic E-state index is 15.5. The molecule has 1 saturated carbocycles. The first kappa shape index (κ1) is 25.9. The average molecular weight is 542 g/mol. The Morgan fingerprint density at radius 1 is 1.24 bits per heavy atom. The molecule has 1 aliphatic carbocycles. The Kier molecular flexibility index (Phi) is 6.95. The molecule has 2 aliphatic heterocycles. The summed E-state index contributed by atoms with van der Waals surface area (Å²) in [6.45, 7) is 7.48. The van der Waals surface area contributed by atoms with Gasteiger partial charge < -0.3 is 20.7 Å². The fraction of sp³-hybridized carbons (Fsp3) is 0.423.